The second-order valence-electron chi connectivity index (χ2n) is 7.93. The van der Waals surface area contributed by atoms with E-state index < -0.39 is 0 Å². The minimum Gasteiger partial charge on any atom is -0.350 e. The van der Waals surface area contributed by atoms with Crippen molar-refractivity contribution in [2.45, 2.75) is 50.7 Å². The Bertz CT molecular complexity index is 808. The van der Waals surface area contributed by atoms with E-state index in [1.807, 2.05) is 6.07 Å². The standard InChI is InChI=1S/C20H27N7O2/c28-19(21-11-16-6-8-24-26-16)9-17-3-4-18(27(17)13-14-1-2-14)12-22-20(29)15-5-7-23-25-10-15/h5-8,10,14,17-18H,1-4,9,11-13H2,(H,21,28)(H,22,29)(H,24,26)/t17-,18+/m1/s1. The molecular weight excluding hydrogens is 370 g/mol. The highest BCUT2D eigenvalue weighted by Gasteiger charge is 2.38. The average molecular weight is 397 g/mol. The van der Waals surface area contributed by atoms with Crippen LogP contribution < -0.4 is 10.6 Å². The molecule has 154 valence electrons. The Hall–Kier alpha value is -2.81. The first-order valence-corrected chi connectivity index (χ1v) is 10.2. The number of hydrogen-bond donors (Lipinski definition) is 3. The lowest BCUT2D eigenvalue weighted by molar-refractivity contribution is -0.122. The van der Waals surface area contributed by atoms with Gasteiger partial charge in [-0.2, -0.15) is 15.3 Å². The molecule has 3 heterocycles. The Kier molecular flexibility index (Phi) is 6.14. The van der Waals surface area contributed by atoms with Crippen molar-refractivity contribution in [2.24, 2.45) is 5.92 Å². The molecule has 2 aliphatic rings. The van der Waals surface area contributed by atoms with Gasteiger partial charge in [0.25, 0.3) is 5.91 Å². The van der Waals surface area contributed by atoms with Crippen LogP contribution in [0.1, 0.15) is 48.2 Å². The van der Waals surface area contributed by atoms with Gasteiger partial charge in [-0.3, -0.25) is 19.6 Å². The lowest BCUT2D eigenvalue weighted by Gasteiger charge is -2.30. The summed E-state index contributed by atoms with van der Waals surface area (Å²) in [6.07, 6.45) is 9.63. The topological polar surface area (TPSA) is 116 Å². The molecule has 9 heteroatoms. The fraction of sp³-hybridized carbons (Fsp3) is 0.550. The van der Waals surface area contributed by atoms with Crippen molar-refractivity contribution in [2.75, 3.05) is 13.1 Å². The molecule has 29 heavy (non-hydrogen) atoms. The van der Waals surface area contributed by atoms with E-state index in [2.05, 4.69) is 35.9 Å². The van der Waals surface area contributed by atoms with Crippen LogP contribution in [-0.4, -0.2) is 62.3 Å². The van der Waals surface area contributed by atoms with Gasteiger partial charge in [-0.05, 0) is 43.7 Å². The summed E-state index contributed by atoms with van der Waals surface area (Å²) in [5, 5.41) is 20.2. The predicted molar refractivity (Wildman–Crippen MR) is 106 cm³/mol. The normalized spacial score (nSPS) is 21.8. The van der Waals surface area contributed by atoms with Crippen LogP contribution in [0.2, 0.25) is 0 Å². The average Bonchev–Trinajstić information content (AvgIpc) is 3.26. The lowest BCUT2D eigenvalue weighted by atomic mass is 10.1. The van der Waals surface area contributed by atoms with Gasteiger partial charge >= 0.3 is 0 Å². The number of nitrogens with zero attached hydrogens (tertiary/aromatic N) is 4. The van der Waals surface area contributed by atoms with E-state index in [-0.39, 0.29) is 23.9 Å². The first-order chi connectivity index (χ1) is 14.2. The summed E-state index contributed by atoms with van der Waals surface area (Å²) in [5.41, 5.74) is 1.41. The molecular formula is C20H27N7O2. The number of hydrogen-bond acceptors (Lipinski definition) is 6. The van der Waals surface area contributed by atoms with E-state index in [1.165, 1.54) is 25.2 Å². The summed E-state index contributed by atoms with van der Waals surface area (Å²) >= 11 is 0. The molecule has 9 nitrogen and oxygen atoms in total. The van der Waals surface area contributed by atoms with Crippen LogP contribution in [0.5, 0.6) is 0 Å². The van der Waals surface area contributed by atoms with Crippen molar-refractivity contribution in [1.82, 2.24) is 35.9 Å². The van der Waals surface area contributed by atoms with Gasteiger partial charge in [-0.15, -0.1) is 0 Å². The Morgan fingerprint density at radius 1 is 1.07 bits per heavy atom. The highest BCUT2D eigenvalue weighted by molar-refractivity contribution is 5.93. The highest BCUT2D eigenvalue weighted by atomic mass is 16.2. The second-order valence-corrected chi connectivity index (χ2v) is 7.93. The molecule has 0 spiro atoms. The van der Waals surface area contributed by atoms with Crippen LogP contribution >= 0.6 is 0 Å². The van der Waals surface area contributed by atoms with Crippen molar-refractivity contribution in [3.8, 4) is 0 Å². The van der Waals surface area contributed by atoms with Gasteiger partial charge in [0, 0.05) is 37.8 Å². The van der Waals surface area contributed by atoms with Crippen molar-refractivity contribution in [3.05, 3.63) is 42.0 Å². The van der Waals surface area contributed by atoms with E-state index in [9.17, 15) is 9.59 Å². The third-order valence-electron chi connectivity index (χ3n) is 5.74. The Morgan fingerprint density at radius 2 is 1.93 bits per heavy atom. The van der Waals surface area contributed by atoms with Crippen molar-refractivity contribution < 1.29 is 9.59 Å². The summed E-state index contributed by atoms with van der Waals surface area (Å²) in [5.74, 6) is 0.649. The summed E-state index contributed by atoms with van der Waals surface area (Å²) in [4.78, 5) is 27.2. The summed E-state index contributed by atoms with van der Waals surface area (Å²) in [7, 11) is 0. The number of aromatic amines is 1. The summed E-state index contributed by atoms with van der Waals surface area (Å²) < 4.78 is 0. The smallest absolute Gasteiger partial charge is 0.253 e. The molecule has 1 saturated carbocycles. The number of aromatic nitrogens is 4. The number of carbonyl (C=O) groups is 2. The molecule has 4 rings (SSSR count). The molecule has 2 amide bonds. The molecule has 0 unspecified atom stereocenters. The maximum absolute atomic E-state index is 12.4. The largest absolute Gasteiger partial charge is 0.350 e. The van der Waals surface area contributed by atoms with E-state index in [0.29, 0.717) is 25.1 Å². The van der Waals surface area contributed by atoms with Gasteiger partial charge in [0.2, 0.25) is 5.91 Å². The monoisotopic (exact) mass is 397 g/mol. The minimum absolute atomic E-state index is 0.0537. The summed E-state index contributed by atoms with van der Waals surface area (Å²) in [6, 6.07) is 4.00. The van der Waals surface area contributed by atoms with Gasteiger partial charge in [-0.25, -0.2) is 0 Å². The molecule has 1 aliphatic heterocycles. The second kappa shape index (κ2) is 9.13. The van der Waals surface area contributed by atoms with Crippen LogP contribution in [0.3, 0.4) is 0 Å². The molecule has 0 bridgehead atoms. The zero-order valence-electron chi connectivity index (χ0n) is 16.4. The first-order valence-electron chi connectivity index (χ1n) is 10.2. The molecule has 2 fully saturated rings. The summed E-state index contributed by atoms with van der Waals surface area (Å²) in [6.45, 7) is 2.06. The lowest BCUT2D eigenvalue weighted by Crippen LogP contribution is -2.45. The Morgan fingerprint density at radius 3 is 2.66 bits per heavy atom. The molecule has 2 aromatic heterocycles. The minimum atomic E-state index is -0.132. The van der Waals surface area contributed by atoms with Gasteiger partial charge in [0.15, 0.2) is 0 Å². The third kappa shape index (κ3) is 5.38. The van der Waals surface area contributed by atoms with Crippen molar-refractivity contribution >= 4 is 11.8 Å². The number of likely N-dealkylation sites (tertiary alicyclic amines) is 1. The first kappa shape index (κ1) is 19.5. The number of amides is 2. The fourth-order valence-corrected chi connectivity index (χ4v) is 3.95. The third-order valence-corrected chi connectivity index (χ3v) is 5.74. The quantitative estimate of drug-likeness (QED) is 0.578. The number of nitrogens with one attached hydrogen (secondary N) is 3. The molecule has 3 N–H and O–H groups in total. The SMILES string of the molecule is O=C(C[C@H]1CC[C@@H](CNC(=O)c2ccnnc2)N1CC1CC1)NCc1ccn[nH]1. The van der Waals surface area contributed by atoms with E-state index in [1.54, 1.807) is 12.3 Å². The number of H-pyrrole nitrogens is 1. The Balaban J connectivity index is 1.30. The number of rotatable bonds is 9. The van der Waals surface area contributed by atoms with E-state index in [0.717, 1.165) is 31.0 Å². The molecule has 0 aromatic carbocycles. The van der Waals surface area contributed by atoms with Gasteiger partial charge in [0.05, 0.1) is 30.2 Å². The zero-order chi connectivity index (χ0) is 20.1. The molecule has 2 atom stereocenters. The Labute approximate surface area is 169 Å². The van der Waals surface area contributed by atoms with Crippen LogP contribution in [0.4, 0.5) is 0 Å². The predicted octanol–water partition coefficient (Wildman–Crippen LogP) is 0.879. The van der Waals surface area contributed by atoms with Gasteiger partial charge < -0.3 is 10.6 Å². The van der Waals surface area contributed by atoms with Crippen LogP contribution in [0.15, 0.2) is 30.7 Å². The van der Waals surface area contributed by atoms with Crippen LogP contribution in [-0.2, 0) is 11.3 Å². The zero-order valence-corrected chi connectivity index (χ0v) is 16.4. The maximum Gasteiger partial charge on any atom is 0.253 e. The van der Waals surface area contributed by atoms with Gasteiger partial charge in [0.1, 0.15) is 0 Å². The van der Waals surface area contributed by atoms with Gasteiger partial charge in [-0.1, -0.05) is 0 Å². The van der Waals surface area contributed by atoms with E-state index in [4.69, 9.17) is 0 Å². The highest BCUT2D eigenvalue weighted by Crippen LogP contribution is 2.35. The van der Waals surface area contributed by atoms with Crippen molar-refractivity contribution in [3.63, 3.8) is 0 Å². The molecule has 0 radical (unpaired) electrons. The van der Waals surface area contributed by atoms with Crippen LogP contribution in [0, 0.1) is 5.92 Å². The molecule has 1 saturated heterocycles. The molecule has 2 aromatic rings. The number of carbonyl (C=O) groups excluding carboxylic acids is 2. The maximum atomic E-state index is 12.4. The van der Waals surface area contributed by atoms with Crippen LogP contribution in [0.25, 0.3) is 0 Å². The molecule has 1 aliphatic carbocycles. The van der Waals surface area contributed by atoms with Crippen molar-refractivity contribution in [1.29, 1.82) is 0 Å². The fourth-order valence-electron chi connectivity index (χ4n) is 3.95. The van der Waals surface area contributed by atoms with E-state index >= 15 is 0 Å².